The lowest BCUT2D eigenvalue weighted by atomic mass is 10.1. The van der Waals surface area contributed by atoms with Gasteiger partial charge in [-0.25, -0.2) is 0 Å². The Balaban J connectivity index is 1.24. The molecule has 3 heterocycles. The van der Waals surface area contributed by atoms with Crippen molar-refractivity contribution in [3.63, 3.8) is 0 Å². The topological polar surface area (TPSA) is 113 Å². The molecule has 3 aromatic rings. The van der Waals surface area contributed by atoms with E-state index in [4.69, 9.17) is 45.7 Å². The van der Waals surface area contributed by atoms with Gasteiger partial charge < -0.3 is 33.5 Å². The van der Waals surface area contributed by atoms with Crippen LogP contribution in [0.3, 0.4) is 0 Å². The van der Waals surface area contributed by atoms with Crippen molar-refractivity contribution in [3.8, 4) is 34.5 Å². The standard InChI is InChI=1S/C28H21NO9S2/c30-26(31)11-29-27(32)25(40-28(29)39)10-18-9-19(33-12-16-1-4-21-23(7-16)37-14-35-21)3-6-20(18)34-13-17-2-5-22-24(8-17)38-15-36-22/h1-10H,11-15H2,(H,30,31)/b25-10-. The molecule has 1 saturated heterocycles. The molecule has 3 aromatic carbocycles. The normalized spacial score (nSPS) is 16.1. The number of nitrogens with zero attached hydrogens (tertiary/aromatic N) is 1. The molecule has 0 radical (unpaired) electrons. The van der Waals surface area contributed by atoms with E-state index in [2.05, 4.69) is 0 Å². The highest BCUT2D eigenvalue weighted by Gasteiger charge is 2.33. The van der Waals surface area contributed by atoms with E-state index < -0.39 is 18.4 Å². The Labute approximate surface area is 238 Å². The second-order valence-corrected chi connectivity index (χ2v) is 10.5. The van der Waals surface area contributed by atoms with Gasteiger partial charge in [0.1, 0.15) is 35.6 Å². The van der Waals surface area contributed by atoms with Gasteiger partial charge in [0, 0.05) is 5.56 Å². The van der Waals surface area contributed by atoms with Gasteiger partial charge in [0.05, 0.1) is 4.91 Å². The molecule has 1 N–H and O–H groups in total. The third kappa shape index (κ3) is 5.49. The highest BCUT2D eigenvalue weighted by Crippen LogP contribution is 2.37. The molecule has 40 heavy (non-hydrogen) atoms. The molecule has 1 fully saturated rings. The number of hydrogen-bond acceptors (Lipinski definition) is 10. The molecule has 12 heteroatoms. The number of carbonyl (C=O) groups is 2. The third-order valence-corrected chi connectivity index (χ3v) is 7.49. The minimum Gasteiger partial charge on any atom is -0.489 e. The zero-order valence-corrected chi connectivity index (χ0v) is 22.4. The van der Waals surface area contributed by atoms with Crippen LogP contribution in [0, 0.1) is 0 Å². The maximum atomic E-state index is 12.9. The monoisotopic (exact) mass is 579 g/mol. The molecule has 0 aromatic heterocycles. The summed E-state index contributed by atoms with van der Waals surface area (Å²) in [5.41, 5.74) is 2.33. The van der Waals surface area contributed by atoms with Crippen molar-refractivity contribution in [2.75, 3.05) is 20.1 Å². The van der Waals surface area contributed by atoms with Crippen molar-refractivity contribution in [1.82, 2.24) is 4.90 Å². The number of benzene rings is 3. The molecule has 6 rings (SSSR count). The summed E-state index contributed by atoms with van der Waals surface area (Å²) in [5, 5.41) is 9.16. The summed E-state index contributed by atoms with van der Waals surface area (Å²) in [5.74, 6) is 2.09. The van der Waals surface area contributed by atoms with Crippen LogP contribution >= 0.6 is 24.0 Å². The van der Waals surface area contributed by atoms with Crippen LogP contribution < -0.4 is 28.4 Å². The lowest BCUT2D eigenvalue weighted by molar-refractivity contribution is -0.140. The molecular formula is C28H21NO9S2. The van der Waals surface area contributed by atoms with E-state index in [0.717, 1.165) is 27.8 Å². The van der Waals surface area contributed by atoms with E-state index in [1.54, 1.807) is 24.3 Å². The summed E-state index contributed by atoms with van der Waals surface area (Å²) in [6.45, 7) is 0.365. The van der Waals surface area contributed by atoms with E-state index in [9.17, 15) is 9.59 Å². The van der Waals surface area contributed by atoms with Gasteiger partial charge in [-0.3, -0.25) is 14.5 Å². The second kappa shape index (κ2) is 11.0. The number of amides is 1. The van der Waals surface area contributed by atoms with Crippen LogP contribution in [0.1, 0.15) is 16.7 Å². The second-order valence-electron chi connectivity index (χ2n) is 8.81. The van der Waals surface area contributed by atoms with Gasteiger partial charge in [-0.15, -0.1) is 0 Å². The van der Waals surface area contributed by atoms with Gasteiger partial charge >= 0.3 is 5.97 Å². The molecule has 0 spiro atoms. The van der Waals surface area contributed by atoms with Crippen LogP contribution in [0.5, 0.6) is 34.5 Å². The third-order valence-electron chi connectivity index (χ3n) is 6.11. The lowest BCUT2D eigenvalue weighted by Crippen LogP contribution is -2.33. The zero-order chi connectivity index (χ0) is 27.6. The van der Waals surface area contributed by atoms with Crippen LogP contribution in [0.25, 0.3) is 6.08 Å². The molecule has 0 aliphatic carbocycles. The van der Waals surface area contributed by atoms with E-state index in [1.807, 2.05) is 36.4 Å². The number of rotatable bonds is 9. The van der Waals surface area contributed by atoms with Gasteiger partial charge in [-0.1, -0.05) is 36.1 Å². The van der Waals surface area contributed by atoms with Gasteiger partial charge in [0.15, 0.2) is 23.0 Å². The Morgan fingerprint density at radius 1 is 0.900 bits per heavy atom. The Morgan fingerprint density at radius 3 is 2.17 bits per heavy atom. The number of thiocarbonyl (C=S) groups is 1. The van der Waals surface area contributed by atoms with Crippen molar-refractivity contribution in [2.24, 2.45) is 0 Å². The van der Waals surface area contributed by atoms with Gasteiger partial charge in [0.2, 0.25) is 13.6 Å². The SMILES string of the molecule is O=C(O)CN1C(=O)/C(=C/c2cc(OCc3ccc4c(c3)OCO4)ccc2OCc2ccc3c(c2)OCO3)SC1=S. The average Bonchev–Trinajstić information content (AvgIpc) is 3.67. The summed E-state index contributed by atoms with van der Waals surface area (Å²) in [7, 11) is 0. The van der Waals surface area contributed by atoms with E-state index in [-0.39, 0.29) is 36.0 Å². The van der Waals surface area contributed by atoms with Crippen molar-refractivity contribution >= 4 is 46.3 Å². The fourth-order valence-electron chi connectivity index (χ4n) is 4.16. The summed E-state index contributed by atoms with van der Waals surface area (Å²) in [6, 6.07) is 16.4. The number of aliphatic carboxylic acids is 1. The molecule has 0 saturated carbocycles. The summed E-state index contributed by atoms with van der Waals surface area (Å²) in [6.07, 6.45) is 1.63. The first-order valence-corrected chi connectivity index (χ1v) is 13.3. The minimum absolute atomic E-state index is 0.177. The molecule has 0 unspecified atom stereocenters. The van der Waals surface area contributed by atoms with Crippen molar-refractivity contribution in [1.29, 1.82) is 0 Å². The van der Waals surface area contributed by atoms with Crippen LogP contribution in [0.4, 0.5) is 0 Å². The predicted molar refractivity (Wildman–Crippen MR) is 148 cm³/mol. The molecule has 3 aliphatic rings. The lowest BCUT2D eigenvalue weighted by Gasteiger charge is -2.13. The fraction of sp³-hybridized carbons (Fsp3) is 0.179. The van der Waals surface area contributed by atoms with Crippen molar-refractivity contribution in [3.05, 3.63) is 76.2 Å². The number of hydrogen-bond donors (Lipinski definition) is 1. The van der Waals surface area contributed by atoms with E-state index in [0.29, 0.717) is 40.1 Å². The Hall–Kier alpha value is -4.42. The average molecular weight is 580 g/mol. The highest BCUT2D eigenvalue weighted by molar-refractivity contribution is 8.26. The maximum absolute atomic E-state index is 12.9. The number of carboxylic acids is 1. The zero-order valence-electron chi connectivity index (χ0n) is 20.8. The Bertz CT molecular complexity index is 1550. The maximum Gasteiger partial charge on any atom is 0.323 e. The first-order chi connectivity index (χ1) is 19.4. The van der Waals surface area contributed by atoms with Crippen LogP contribution in [0.15, 0.2) is 59.5 Å². The largest absolute Gasteiger partial charge is 0.489 e. The van der Waals surface area contributed by atoms with Gasteiger partial charge in [-0.2, -0.15) is 0 Å². The number of carbonyl (C=O) groups excluding carboxylic acids is 1. The first kappa shape index (κ1) is 25.8. The molecule has 204 valence electrons. The molecule has 1 amide bonds. The minimum atomic E-state index is -1.15. The number of ether oxygens (including phenoxy) is 6. The predicted octanol–water partition coefficient (Wildman–Crippen LogP) is 4.59. The van der Waals surface area contributed by atoms with Crippen LogP contribution in [-0.2, 0) is 22.8 Å². The quantitative estimate of drug-likeness (QED) is 0.284. The summed E-state index contributed by atoms with van der Waals surface area (Å²) in [4.78, 5) is 25.5. The number of fused-ring (bicyclic) bond motifs is 2. The van der Waals surface area contributed by atoms with Gasteiger partial charge in [-0.05, 0) is 59.7 Å². The smallest absolute Gasteiger partial charge is 0.323 e. The summed E-state index contributed by atoms with van der Waals surface area (Å²) >= 11 is 6.27. The van der Waals surface area contributed by atoms with Crippen molar-refractivity contribution < 1.29 is 43.1 Å². The van der Waals surface area contributed by atoms with Crippen LogP contribution in [-0.4, -0.2) is 46.3 Å². The molecule has 0 atom stereocenters. The summed E-state index contributed by atoms with van der Waals surface area (Å²) < 4.78 is 33.9. The first-order valence-electron chi connectivity index (χ1n) is 12.1. The van der Waals surface area contributed by atoms with E-state index >= 15 is 0 Å². The van der Waals surface area contributed by atoms with Crippen molar-refractivity contribution in [2.45, 2.75) is 13.2 Å². The number of thioether (sulfide) groups is 1. The van der Waals surface area contributed by atoms with Crippen LogP contribution in [0.2, 0.25) is 0 Å². The number of carboxylic acid groups (broad SMARTS) is 1. The molecular weight excluding hydrogens is 558 g/mol. The molecule has 10 nitrogen and oxygen atoms in total. The Morgan fingerprint density at radius 2 is 1.52 bits per heavy atom. The molecule has 3 aliphatic heterocycles. The Kier molecular flexibility index (Phi) is 7.10. The highest BCUT2D eigenvalue weighted by atomic mass is 32.2. The molecule has 0 bridgehead atoms. The van der Waals surface area contributed by atoms with E-state index in [1.165, 1.54) is 0 Å². The fourth-order valence-corrected chi connectivity index (χ4v) is 5.41. The van der Waals surface area contributed by atoms with Gasteiger partial charge in [0.25, 0.3) is 5.91 Å².